The summed E-state index contributed by atoms with van der Waals surface area (Å²) in [6.07, 6.45) is 3.68. The first kappa shape index (κ1) is 14.9. The average Bonchev–Trinajstić information content (AvgIpc) is 2.97. The van der Waals surface area contributed by atoms with Crippen LogP contribution in [0.4, 0.5) is 10.1 Å². The van der Waals surface area contributed by atoms with E-state index < -0.39 is 0 Å². The normalized spacial score (nSPS) is 14.1. The Bertz CT molecular complexity index is 957. The fourth-order valence-electron chi connectivity index (χ4n) is 2.90. The number of aromatic nitrogens is 3. The molecule has 0 N–H and O–H groups in total. The predicted octanol–water partition coefficient (Wildman–Crippen LogP) is 2.57. The molecule has 0 unspecified atom stereocenters. The van der Waals surface area contributed by atoms with E-state index >= 15 is 0 Å². The zero-order valence-electron chi connectivity index (χ0n) is 12.8. The Morgan fingerprint density at radius 3 is 3.00 bits per heavy atom. The monoisotopic (exact) mass is 345 g/mol. The highest BCUT2D eigenvalue weighted by atomic mass is 35.5. The molecule has 0 saturated carbocycles. The maximum absolute atomic E-state index is 13.4. The summed E-state index contributed by atoms with van der Waals surface area (Å²) in [5.74, 6) is -0.515. The molecule has 6 nitrogen and oxygen atoms in total. The fraction of sp³-hybridized carbons (Fsp3) is 0.188. The standard InChI is InChI=1S/C16H13ClFN5O/c1-21-14-3-2-12(18)6-10(14)4-5-23(21)16(24)13-7-15-19-8-11(17)9-22(15)20-13/h2-3,6-9H,4-5H2,1H3. The maximum atomic E-state index is 13.4. The van der Waals surface area contributed by atoms with Gasteiger partial charge in [-0.3, -0.25) is 9.80 Å². The molecule has 0 aliphatic carbocycles. The Hall–Kier alpha value is -2.67. The molecule has 122 valence electrons. The van der Waals surface area contributed by atoms with Gasteiger partial charge >= 0.3 is 0 Å². The third-order valence-corrected chi connectivity index (χ3v) is 4.28. The van der Waals surface area contributed by atoms with Gasteiger partial charge in [-0.05, 0) is 30.2 Å². The van der Waals surface area contributed by atoms with Crippen molar-refractivity contribution in [2.24, 2.45) is 0 Å². The number of carbonyl (C=O) groups excluding carboxylic acids is 1. The molecule has 0 spiro atoms. The topological polar surface area (TPSA) is 53.7 Å². The molecular formula is C16H13ClFN5O. The molecule has 24 heavy (non-hydrogen) atoms. The van der Waals surface area contributed by atoms with E-state index in [2.05, 4.69) is 10.1 Å². The van der Waals surface area contributed by atoms with E-state index in [0.717, 1.165) is 11.3 Å². The van der Waals surface area contributed by atoms with Crippen LogP contribution < -0.4 is 5.01 Å². The summed E-state index contributed by atoms with van der Waals surface area (Å²) in [7, 11) is 1.78. The number of benzene rings is 1. The number of carbonyl (C=O) groups is 1. The number of rotatable bonds is 1. The van der Waals surface area contributed by atoms with Crippen LogP contribution in [0.15, 0.2) is 36.7 Å². The molecule has 1 aliphatic rings. The largest absolute Gasteiger partial charge is 0.292 e. The van der Waals surface area contributed by atoms with Crippen LogP contribution in [0.3, 0.4) is 0 Å². The molecule has 3 heterocycles. The lowest BCUT2D eigenvalue weighted by Crippen LogP contribution is -2.48. The Labute approximate surface area is 142 Å². The lowest BCUT2D eigenvalue weighted by molar-refractivity contribution is 0.0732. The zero-order chi connectivity index (χ0) is 16.8. The third kappa shape index (κ3) is 2.37. The molecule has 1 aromatic carbocycles. The number of hydrazine groups is 1. The van der Waals surface area contributed by atoms with Crippen molar-refractivity contribution in [3.8, 4) is 0 Å². The van der Waals surface area contributed by atoms with Crippen molar-refractivity contribution >= 4 is 28.8 Å². The Morgan fingerprint density at radius 1 is 1.33 bits per heavy atom. The van der Waals surface area contributed by atoms with Crippen LogP contribution in [0.25, 0.3) is 5.65 Å². The van der Waals surface area contributed by atoms with Crippen molar-refractivity contribution in [2.45, 2.75) is 6.42 Å². The second kappa shape index (κ2) is 5.45. The van der Waals surface area contributed by atoms with Crippen molar-refractivity contribution in [1.29, 1.82) is 0 Å². The molecule has 0 saturated heterocycles. The van der Waals surface area contributed by atoms with Crippen LogP contribution in [-0.2, 0) is 6.42 Å². The molecule has 0 fully saturated rings. The summed E-state index contributed by atoms with van der Waals surface area (Å²) in [5, 5.41) is 8.00. The van der Waals surface area contributed by atoms with Crippen LogP contribution in [0.2, 0.25) is 5.02 Å². The number of halogens is 2. The van der Waals surface area contributed by atoms with E-state index in [1.165, 1.54) is 22.8 Å². The molecular weight excluding hydrogens is 333 g/mol. The van der Waals surface area contributed by atoms with Crippen LogP contribution in [0.1, 0.15) is 16.1 Å². The van der Waals surface area contributed by atoms with E-state index in [4.69, 9.17) is 11.6 Å². The summed E-state index contributed by atoms with van der Waals surface area (Å²) in [6.45, 7) is 0.452. The van der Waals surface area contributed by atoms with Crippen molar-refractivity contribution in [3.05, 3.63) is 58.8 Å². The van der Waals surface area contributed by atoms with Gasteiger partial charge in [0.2, 0.25) is 0 Å². The second-order valence-electron chi connectivity index (χ2n) is 5.58. The molecule has 0 bridgehead atoms. The number of hydrogen-bond donors (Lipinski definition) is 0. The van der Waals surface area contributed by atoms with Crippen LogP contribution in [0.5, 0.6) is 0 Å². The molecule has 3 aromatic rings. The Balaban J connectivity index is 1.67. The summed E-state index contributed by atoms with van der Waals surface area (Å²) >= 11 is 5.89. The number of anilines is 1. The number of amides is 1. The van der Waals surface area contributed by atoms with E-state index in [1.807, 2.05) is 0 Å². The fourth-order valence-corrected chi connectivity index (χ4v) is 3.05. The predicted molar refractivity (Wildman–Crippen MR) is 87.5 cm³/mol. The second-order valence-corrected chi connectivity index (χ2v) is 6.02. The molecule has 1 amide bonds. The highest BCUT2D eigenvalue weighted by Crippen LogP contribution is 2.28. The van der Waals surface area contributed by atoms with Gasteiger partial charge in [0.25, 0.3) is 5.91 Å². The molecule has 0 radical (unpaired) electrons. The number of hydrogen-bond acceptors (Lipinski definition) is 4. The van der Waals surface area contributed by atoms with Crippen molar-refractivity contribution in [2.75, 3.05) is 18.6 Å². The third-order valence-electron chi connectivity index (χ3n) is 4.08. The SMILES string of the molecule is CN1c2ccc(F)cc2CCN1C(=O)c1cc2ncc(Cl)cn2n1. The van der Waals surface area contributed by atoms with Gasteiger partial charge < -0.3 is 0 Å². The quantitative estimate of drug-likeness (QED) is 0.680. The van der Waals surface area contributed by atoms with Crippen LogP contribution in [0, 0.1) is 5.82 Å². The van der Waals surface area contributed by atoms with Crippen LogP contribution >= 0.6 is 11.6 Å². The smallest absolute Gasteiger partial charge is 0.285 e. The molecule has 2 aromatic heterocycles. The van der Waals surface area contributed by atoms with Gasteiger partial charge in [-0.2, -0.15) is 5.10 Å². The highest BCUT2D eigenvalue weighted by molar-refractivity contribution is 6.30. The van der Waals surface area contributed by atoms with Gasteiger partial charge in [-0.1, -0.05) is 11.6 Å². The first-order valence-corrected chi connectivity index (χ1v) is 7.75. The van der Waals surface area contributed by atoms with Crippen LogP contribution in [-0.4, -0.2) is 39.1 Å². The van der Waals surface area contributed by atoms with Gasteiger partial charge in [-0.25, -0.2) is 18.9 Å². The number of fused-ring (bicyclic) bond motifs is 2. The van der Waals surface area contributed by atoms with Crippen molar-refractivity contribution < 1.29 is 9.18 Å². The summed E-state index contributed by atoms with van der Waals surface area (Å²) in [4.78, 5) is 17.0. The summed E-state index contributed by atoms with van der Waals surface area (Å²) in [6, 6.07) is 6.19. The first-order valence-electron chi connectivity index (χ1n) is 7.38. The summed E-state index contributed by atoms with van der Waals surface area (Å²) in [5.41, 5.74) is 2.51. The van der Waals surface area contributed by atoms with Crippen molar-refractivity contribution in [3.63, 3.8) is 0 Å². The van der Waals surface area contributed by atoms with E-state index in [9.17, 15) is 9.18 Å². The minimum Gasteiger partial charge on any atom is -0.285 e. The molecule has 4 rings (SSSR count). The number of nitrogens with zero attached hydrogens (tertiary/aromatic N) is 5. The zero-order valence-corrected chi connectivity index (χ0v) is 13.5. The van der Waals surface area contributed by atoms with Gasteiger partial charge in [0.1, 0.15) is 5.82 Å². The lowest BCUT2D eigenvalue weighted by atomic mass is 10.1. The maximum Gasteiger partial charge on any atom is 0.292 e. The van der Waals surface area contributed by atoms with E-state index in [-0.39, 0.29) is 17.4 Å². The van der Waals surface area contributed by atoms with E-state index in [1.54, 1.807) is 35.4 Å². The summed E-state index contributed by atoms with van der Waals surface area (Å²) < 4.78 is 14.8. The average molecular weight is 346 g/mol. The van der Waals surface area contributed by atoms with Gasteiger partial charge in [-0.15, -0.1) is 0 Å². The minimum atomic E-state index is -0.273. The van der Waals surface area contributed by atoms with Gasteiger partial charge in [0.05, 0.1) is 16.9 Å². The Morgan fingerprint density at radius 2 is 2.17 bits per heavy atom. The van der Waals surface area contributed by atoms with Gasteiger partial charge in [0.15, 0.2) is 11.3 Å². The lowest BCUT2D eigenvalue weighted by Gasteiger charge is -2.38. The van der Waals surface area contributed by atoms with Crippen molar-refractivity contribution in [1.82, 2.24) is 19.6 Å². The van der Waals surface area contributed by atoms with Gasteiger partial charge in [0, 0.05) is 25.9 Å². The Kier molecular flexibility index (Phi) is 3.38. The minimum absolute atomic E-state index is 0.242. The molecule has 8 heteroatoms. The molecule has 1 aliphatic heterocycles. The highest BCUT2D eigenvalue weighted by Gasteiger charge is 2.28. The molecule has 0 atom stereocenters. The first-order chi connectivity index (χ1) is 11.5. The van der Waals surface area contributed by atoms with E-state index in [0.29, 0.717) is 23.6 Å².